The number of fused-ring (bicyclic) bond motifs is 1. The summed E-state index contributed by atoms with van der Waals surface area (Å²) in [5.74, 6) is 0.914. The molecule has 0 bridgehead atoms. The molecule has 0 fully saturated rings. The van der Waals surface area contributed by atoms with Gasteiger partial charge in [-0.3, -0.25) is 4.79 Å². The summed E-state index contributed by atoms with van der Waals surface area (Å²) in [5.41, 5.74) is 10.3. The molecule has 0 atom stereocenters. The topological polar surface area (TPSA) is 55.6 Å². The highest BCUT2D eigenvalue weighted by molar-refractivity contribution is 5.77. The number of hydrogen-bond acceptors (Lipinski definition) is 3. The maximum absolute atomic E-state index is 12.5. The van der Waals surface area contributed by atoms with Crippen LogP contribution in [0.2, 0.25) is 0 Å². The molecule has 3 rings (SSSR count). The van der Waals surface area contributed by atoms with E-state index in [0.717, 1.165) is 25.1 Å². The van der Waals surface area contributed by atoms with E-state index in [1.54, 1.807) is 0 Å². The second-order valence-electron chi connectivity index (χ2n) is 6.14. The van der Waals surface area contributed by atoms with Crippen LogP contribution in [-0.4, -0.2) is 24.0 Å². The average molecular weight is 324 g/mol. The summed E-state index contributed by atoms with van der Waals surface area (Å²) in [4.78, 5) is 14.5. The third-order valence-electron chi connectivity index (χ3n) is 4.48. The van der Waals surface area contributed by atoms with Gasteiger partial charge >= 0.3 is 0 Å². The van der Waals surface area contributed by atoms with E-state index in [0.29, 0.717) is 30.9 Å². The number of rotatable bonds is 5. The normalized spacial score (nSPS) is 13.5. The molecule has 2 aromatic rings. The molecule has 1 heterocycles. The number of hydrogen-bond donors (Lipinski definition) is 1. The van der Waals surface area contributed by atoms with Gasteiger partial charge in [0.15, 0.2) is 0 Å². The van der Waals surface area contributed by atoms with Crippen molar-refractivity contribution in [2.75, 3.05) is 18.9 Å². The molecule has 24 heavy (non-hydrogen) atoms. The Bertz CT molecular complexity index is 727. The number of aryl methyl sites for hydroxylation is 1. The lowest BCUT2D eigenvalue weighted by Gasteiger charge is -2.29. The minimum atomic E-state index is 0.206. The van der Waals surface area contributed by atoms with Gasteiger partial charge in [0.1, 0.15) is 5.75 Å². The van der Waals surface area contributed by atoms with Crippen LogP contribution >= 0.6 is 0 Å². The van der Waals surface area contributed by atoms with Gasteiger partial charge in [-0.1, -0.05) is 30.3 Å². The van der Waals surface area contributed by atoms with E-state index in [1.165, 1.54) is 11.1 Å². The van der Waals surface area contributed by atoms with Crippen molar-refractivity contribution < 1.29 is 9.53 Å². The number of anilines is 1. The van der Waals surface area contributed by atoms with Crippen LogP contribution in [0.3, 0.4) is 0 Å². The molecule has 0 aliphatic carbocycles. The fourth-order valence-electron chi connectivity index (χ4n) is 3.16. The van der Waals surface area contributed by atoms with E-state index in [4.69, 9.17) is 10.5 Å². The van der Waals surface area contributed by atoms with Crippen LogP contribution in [0, 0.1) is 0 Å². The predicted molar refractivity (Wildman–Crippen MR) is 95.9 cm³/mol. The Labute approximate surface area is 143 Å². The van der Waals surface area contributed by atoms with Gasteiger partial charge in [0.05, 0.1) is 12.3 Å². The van der Waals surface area contributed by atoms with Gasteiger partial charge in [-0.25, -0.2) is 0 Å². The Morgan fingerprint density at radius 2 is 2.00 bits per heavy atom. The van der Waals surface area contributed by atoms with E-state index < -0.39 is 0 Å². The predicted octanol–water partition coefficient (Wildman–Crippen LogP) is 3.19. The summed E-state index contributed by atoms with van der Waals surface area (Å²) in [6, 6.07) is 14.1. The van der Waals surface area contributed by atoms with E-state index in [9.17, 15) is 4.79 Å². The first-order chi connectivity index (χ1) is 11.7. The van der Waals surface area contributed by atoms with Gasteiger partial charge in [-0.2, -0.15) is 0 Å². The summed E-state index contributed by atoms with van der Waals surface area (Å²) in [7, 11) is 0. The number of nitrogens with zero attached hydrogens (tertiary/aromatic N) is 1. The zero-order valence-electron chi connectivity index (χ0n) is 14.1. The summed E-state index contributed by atoms with van der Waals surface area (Å²) < 4.78 is 5.45. The Morgan fingerprint density at radius 1 is 1.21 bits per heavy atom. The maximum Gasteiger partial charge on any atom is 0.223 e. The van der Waals surface area contributed by atoms with Gasteiger partial charge in [0, 0.05) is 19.5 Å². The molecule has 0 radical (unpaired) electrons. The molecule has 1 amide bonds. The molecule has 1 aliphatic heterocycles. The van der Waals surface area contributed by atoms with Crippen LogP contribution in [0.15, 0.2) is 42.5 Å². The molecule has 0 unspecified atom stereocenters. The maximum atomic E-state index is 12.5. The monoisotopic (exact) mass is 324 g/mol. The number of nitrogen functional groups attached to an aromatic ring is 1. The van der Waals surface area contributed by atoms with Crippen LogP contribution in [-0.2, 0) is 24.2 Å². The fourth-order valence-corrected chi connectivity index (χ4v) is 3.16. The number of nitrogens with two attached hydrogens (primary N) is 1. The van der Waals surface area contributed by atoms with Crippen LogP contribution in [0.25, 0.3) is 0 Å². The molecule has 2 aromatic carbocycles. The van der Waals surface area contributed by atoms with Gasteiger partial charge in [-0.05, 0) is 48.6 Å². The standard InChI is InChI=1S/C20H24N2O2/c1-2-24-19-9-7-15(13-18(19)21)8-10-20(23)22-12-11-16-5-3-4-6-17(16)14-22/h3-7,9,13H,2,8,10-12,14,21H2,1H3. The van der Waals surface area contributed by atoms with Crippen molar-refractivity contribution in [3.05, 3.63) is 59.2 Å². The van der Waals surface area contributed by atoms with Gasteiger partial charge in [-0.15, -0.1) is 0 Å². The quantitative estimate of drug-likeness (QED) is 0.859. The highest BCUT2D eigenvalue weighted by Gasteiger charge is 2.20. The average Bonchev–Trinajstić information content (AvgIpc) is 2.61. The molecule has 126 valence electrons. The first-order valence-corrected chi connectivity index (χ1v) is 8.53. The summed E-state index contributed by atoms with van der Waals surface area (Å²) in [6.07, 6.45) is 2.15. The lowest BCUT2D eigenvalue weighted by atomic mass is 9.99. The number of ether oxygens (including phenoxy) is 1. The minimum Gasteiger partial charge on any atom is -0.492 e. The first-order valence-electron chi connectivity index (χ1n) is 8.53. The van der Waals surface area contributed by atoms with Crippen LogP contribution < -0.4 is 10.5 Å². The molecule has 0 aromatic heterocycles. The Morgan fingerprint density at radius 3 is 2.75 bits per heavy atom. The summed E-state index contributed by atoms with van der Waals surface area (Å²) in [5, 5.41) is 0. The van der Waals surface area contributed by atoms with Gasteiger partial charge < -0.3 is 15.4 Å². The second kappa shape index (κ2) is 7.39. The van der Waals surface area contributed by atoms with Crippen LogP contribution in [0.1, 0.15) is 30.0 Å². The Balaban J connectivity index is 1.57. The van der Waals surface area contributed by atoms with Crippen molar-refractivity contribution >= 4 is 11.6 Å². The SMILES string of the molecule is CCOc1ccc(CCC(=O)N2CCc3ccccc3C2)cc1N. The van der Waals surface area contributed by atoms with Crippen molar-refractivity contribution in [2.45, 2.75) is 32.7 Å². The summed E-state index contributed by atoms with van der Waals surface area (Å²) in [6.45, 7) is 4.06. The van der Waals surface area contributed by atoms with Crippen molar-refractivity contribution in [1.82, 2.24) is 4.90 Å². The third-order valence-corrected chi connectivity index (χ3v) is 4.48. The Hall–Kier alpha value is -2.49. The second-order valence-corrected chi connectivity index (χ2v) is 6.14. The molecule has 0 saturated carbocycles. The molecular weight excluding hydrogens is 300 g/mol. The van der Waals surface area contributed by atoms with Crippen molar-refractivity contribution in [3.8, 4) is 5.75 Å². The largest absolute Gasteiger partial charge is 0.492 e. The first kappa shape index (κ1) is 16.4. The van der Waals surface area contributed by atoms with Crippen molar-refractivity contribution in [2.24, 2.45) is 0 Å². The van der Waals surface area contributed by atoms with E-state index in [-0.39, 0.29) is 5.91 Å². The molecule has 2 N–H and O–H groups in total. The zero-order valence-corrected chi connectivity index (χ0v) is 14.1. The molecule has 1 aliphatic rings. The molecule has 4 nitrogen and oxygen atoms in total. The fraction of sp³-hybridized carbons (Fsp3) is 0.350. The lowest BCUT2D eigenvalue weighted by Crippen LogP contribution is -2.36. The number of carbonyl (C=O) groups excluding carboxylic acids is 1. The van der Waals surface area contributed by atoms with Crippen LogP contribution in [0.4, 0.5) is 5.69 Å². The highest BCUT2D eigenvalue weighted by Crippen LogP contribution is 2.24. The van der Waals surface area contributed by atoms with Crippen molar-refractivity contribution in [1.29, 1.82) is 0 Å². The third kappa shape index (κ3) is 3.70. The van der Waals surface area contributed by atoms with Crippen molar-refractivity contribution in [3.63, 3.8) is 0 Å². The van der Waals surface area contributed by atoms with E-state index in [1.807, 2.05) is 36.1 Å². The van der Waals surface area contributed by atoms with E-state index >= 15 is 0 Å². The van der Waals surface area contributed by atoms with E-state index in [2.05, 4.69) is 18.2 Å². The molecule has 4 heteroatoms. The Kier molecular flexibility index (Phi) is 5.04. The highest BCUT2D eigenvalue weighted by atomic mass is 16.5. The number of carbonyl (C=O) groups is 1. The van der Waals surface area contributed by atoms with Gasteiger partial charge in [0.2, 0.25) is 5.91 Å². The van der Waals surface area contributed by atoms with Crippen LogP contribution in [0.5, 0.6) is 5.75 Å². The zero-order chi connectivity index (χ0) is 16.9. The smallest absolute Gasteiger partial charge is 0.223 e. The van der Waals surface area contributed by atoms with Gasteiger partial charge in [0.25, 0.3) is 0 Å². The summed E-state index contributed by atoms with van der Waals surface area (Å²) >= 11 is 0. The number of amides is 1. The molecular formula is C20H24N2O2. The lowest BCUT2D eigenvalue weighted by molar-refractivity contribution is -0.132. The molecule has 0 spiro atoms. The number of benzene rings is 2. The minimum absolute atomic E-state index is 0.206. The molecule has 0 saturated heterocycles.